The van der Waals surface area contributed by atoms with Crippen molar-refractivity contribution in [3.63, 3.8) is 0 Å². The highest BCUT2D eigenvalue weighted by molar-refractivity contribution is 7.90. The molecule has 15 nitrogen and oxygen atoms in total. The molecule has 354 valence electrons. The van der Waals surface area contributed by atoms with Gasteiger partial charge < -0.3 is 25.3 Å². The van der Waals surface area contributed by atoms with Gasteiger partial charge in [0.15, 0.2) is 0 Å². The smallest absolute Gasteiger partial charge is 0.293 e. The number of nitrogens with one attached hydrogen (secondary N) is 4. The Morgan fingerprint density at radius 3 is 2.46 bits per heavy atom. The zero-order valence-corrected chi connectivity index (χ0v) is 39.8. The highest BCUT2D eigenvalue weighted by Gasteiger charge is 2.31. The van der Waals surface area contributed by atoms with Gasteiger partial charge in [-0.05, 0) is 116 Å². The number of benzene rings is 3. The minimum absolute atomic E-state index is 0.0264. The third-order valence-electron chi connectivity index (χ3n) is 14.1. The Balaban J connectivity index is 0.890. The SMILES string of the molecule is CC1(C)CCC(CN2CCN(c3ccc(C(=O)NS(=O)(=O)c4ccc(NCC5CCC(N6CCNCC6)CC5)c([N+](=O)[O-])c4)c(Oc4cnc5[nH]ccc5c4)c3)CC2)=C(c2ccc(Cl)cc2)C1. The van der Waals surface area contributed by atoms with Crippen molar-refractivity contribution in [3.05, 3.63) is 117 Å². The molecule has 4 aliphatic rings. The number of anilines is 2. The number of nitro benzene ring substituents is 1. The third kappa shape index (κ3) is 11.1. The van der Waals surface area contributed by atoms with Crippen LogP contribution in [0.25, 0.3) is 16.6 Å². The van der Waals surface area contributed by atoms with Crippen LogP contribution in [0.2, 0.25) is 5.02 Å². The Hall–Kier alpha value is -5.52. The van der Waals surface area contributed by atoms with Gasteiger partial charge in [-0.1, -0.05) is 43.2 Å². The predicted octanol–water partition coefficient (Wildman–Crippen LogP) is 8.70. The molecule has 2 aromatic heterocycles. The minimum atomic E-state index is -4.56. The number of aromatic nitrogens is 2. The van der Waals surface area contributed by atoms with Crippen LogP contribution in [-0.4, -0.2) is 111 Å². The van der Waals surface area contributed by atoms with Crippen molar-refractivity contribution in [1.82, 2.24) is 29.8 Å². The summed E-state index contributed by atoms with van der Waals surface area (Å²) in [5, 5.41) is 20.5. The second-order valence-corrected chi connectivity index (χ2v) is 21.4. The zero-order valence-electron chi connectivity index (χ0n) is 38.2. The summed E-state index contributed by atoms with van der Waals surface area (Å²) in [7, 11) is -4.56. The molecule has 0 unspecified atom stereocenters. The molecule has 5 aromatic rings. The molecule has 4 N–H and O–H groups in total. The van der Waals surface area contributed by atoms with Crippen molar-refractivity contribution < 1.29 is 22.9 Å². The number of carbonyl (C=O) groups excluding carboxylic acids is 1. The van der Waals surface area contributed by atoms with Gasteiger partial charge in [-0.15, -0.1) is 0 Å². The van der Waals surface area contributed by atoms with Gasteiger partial charge in [-0.2, -0.15) is 0 Å². The molecule has 2 aliphatic heterocycles. The fraction of sp³-hybridized carbons (Fsp3) is 0.440. The van der Waals surface area contributed by atoms with Crippen molar-refractivity contribution >= 4 is 61.2 Å². The van der Waals surface area contributed by atoms with Gasteiger partial charge in [0.05, 0.1) is 21.6 Å². The Labute approximate surface area is 397 Å². The van der Waals surface area contributed by atoms with E-state index in [4.69, 9.17) is 16.3 Å². The second-order valence-electron chi connectivity index (χ2n) is 19.3. The van der Waals surface area contributed by atoms with E-state index >= 15 is 0 Å². The van der Waals surface area contributed by atoms with Crippen LogP contribution in [0.1, 0.15) is 74.7 Å². The van der Waals surface area contributed by atoms with Crippen LogP contribution in [-0.2, 0) is 10.0 Å². The van der Waals surface area contributed by atoms with Crippen LogP contribution in [0.3, 0.4) is 0 Å². The first-order valence-corrected chi connectivity index (χ1v) is 25.4. The maximum Gasteiger partial charge on any atom is 0.293 e. The number of rotatable bonds is 14. The normalized spacial score (nSPS) is 20.7. The largest absolute Gasteiger partial charge is 0.455 e. The van der Waals surface area contributed by atoms with Crippen molar-refractivity contribution in [1.29, 1.82) is 0 Å². The Kier molecular flexibility index (Phi) is 13.9. The van der Waals surface area contributed by atoms with E-state index in [0.29, 0.717) is 29.9 Å². The summed E-state index contributed by atoms with van der Waals surface area (Å²) in [6.45, 7) is 13.4. The number of amides is 1. The molecule has 67 heavy (non-hydrogen) atoms. The van der Waals surface area contributed by atoms with E-state index in [2.05, 4.69) is 66.0 Å². The van der Waals surface area contributed by atoms with E-state index in [9.17, 15) is 23.3 Å². The number of nitrogens with zero attached hydrogens (tertiary/aromatic N) is 5. The quantitative estimate of drug-likeness (QED) is 0.0616. The molecule has 0 bridgehead atoms. The molecule has 17 heteroatoms. The van der Waals surface area contributed by atoms with Crippen molar-refractivity contribution in [2.45, 2.75) is 69.7 Å². The highest BCUT2D eigenvalue weighted by atomic mass is 35.5. The summed E-state index contributed by atoms with van der Waals surface area (Å²) in [4.78, 5) is 40.1. The molecule has 2 saturated heterocycles. The Morgan fingerprint density at radius 2 is 1.72 bits per heavy atom. The summed E-state index contributed by atoms with van der Waals surface area (Å²) < 4.78 is 36.2. The lowest BCUT2D eigenvalue weighted by molar-refractivity contribution is -0.384. The lowest BCUT2D eigenvalue weighted by atomic mass is 9.72. The van der Waals surface area contributed by atoms with Crippen LogP contribution in [0, 0.1) is 21.4 Å². The van der Waals surface area contributed by atoms with E-state index in [0.717, 1.165) is 126 Å². The monoisotopic (exact) mass is 949 g/mol. The fourth-order valence-electron chi connectivity index (χ4n) is 10.2. The van der Waals surface area contributed by atoms with Gasteiger partial charge in [0.25, 0.3) is 21.6 Å². The molecular formula is C50H60ClN9O6S. The zero-order chi connectivity index (χ0) is 46.7. The first-order chi connectivity index (χ1) is 32.3. The number of nitro groups is 1. The van der Waals surface area contributed by atoms with Gasteiger partial charge >= 0.3 is 0 Å². The van der Waals surface area contributed by atoms with E-state index in [1.807, 2.05) is 18.2 Å². The number of halogens is 1. The second kappa shape index (κ2) is 20.0. The molecule has 1 amide bonds. The Morgan fingerprint density at radius 1 is 0.955 bits per heavy atom. The number of carbonyl (C=O) groups is 1. The first kappa shape index (κ1) is 46.6. The topological polar surface area (TPSA) is 178 Å². The van der Waals surface area contributed by atoms with Gasteiger partial charge in [0.2, 0.25) is 0 Å². The lowest BCUT2D eigenvalue weighted by Crippen LogP contribution is -2.49. The molecule has 4 heterocycles. The molecule has 2 aliphatic carbocycles. The third-order valence-corrected chi connectivity index (χ3v) is 15.7. The number of hydrogen-bond acceptors (Lipinski definition) is 12. The van der Waals surface area contributed by atoms with Crippen LogP contribution in [0.4, 0.5) is 17.1 Å². The van der Waals surface area contributed by atoms with Gasteiger partial charge in [-0.25, -0.2) is 18.1 Å². The summed E-state index contributed by atoms with van der Waals surface area (Å²) in [6.07, 6.45) is 10.7. The molecule has 1 saturated carbocycles. The molecule has 3 aromatic carbocycles. The predicted molar refractivity (Wildman–Crippen MR) is 264 cm³/mol. The molecular weight excluding hydrogens is 890 g/mol. The first-order valence-electron chi connectivity index (χ1n) is 23.5. The average Bonchev–Trinajstić information content (AvgIpc) is 3.80. The number of H-pyrrole nitrogens is 1. The van der Waals surface area contributed by atoms with Crippen LogP contribution < -0.4 is 25.0 Å². The molecule has 0 radical (unpaired) electrons. The van der Waals surface area contributed by atoms with E-state index in [-0.39, 0.29) is 28.1 Å². The summed E-state index contributed by atoms with van der Waals surface area (Å²) in [5.41, 5.74) is 5.65. The molecule has 9 rings (SSSR count). The number of pyridine rings is 1. The summed E-state index contributed by atoms with van der Waals surface area (Å²) in [6, 6.07) is 21.2. The standard InChI is InChI=1S/C50H60ClN9O6S/c1-50(2)17-15-37(44(30-50)35-5-7-38(51)8-6-35)33-57-23-25-59(26-24-57)40-11-13-43(47(28-40)66-41-27-36-16-18-53-48(36)55-32-41)49(61)56-67(64,65)42-12-14-45(46(29-42)60(62)63)54-31-34-3-9-39(10-4-34)58-21-19-52-20-22-58/h5-8,11-14,16,18,27-29,32,34,39,52,54H,3-4,9-10,15,17,19-26,30-31,33H2,1-2H3,(H,53,55)(H,56,61). The maximum absolute atomic E-state index is 14.0. The van der Waals surface area contributed by atoms with E-state index in [1.54, 1.807) is 30.5 Å². The number of aromatic amines is 1. The molecule has 0 spiro atoms. The Bertz CT molecular complexity index is 2740. The molecule has 0 atom stereocenters. The number of fused-ring (bicyclic) bond motifs is 1. The number of ether oxygens (including phenoxy) is 1. The van der Waals surface area contributed by atoms with Crippen LogP contribution in [0.15, 0.2) is 95.7 Å². The summed E-state index contributed by atoms with van der Waals surface area (Å²) >= 11 is 6.26. The van der Waals surface area contributed by atoms with Gasteiger partial charge in [0, 0.05) is 106 Å². The van der Waals surface area contributed by atoms with E-state index in [1.165, 1.54) is 35.0 Å². The van der Waals surface area contributed by atoms with Crippen molar-refractivity contribution in [3.8, 4) is 11.5 Å². The van der Waals surface area contributed by atoms with Gasteiger partial charge in [0.1, 0.15) is 22.8 Å². The minimum Gasteiger partial charge on any atom is -0.455 e. The van der Waals surface area contributed by atoms with Crippen LogP contribution in [0.5, 0.6) is 11.5 Å². The maximum atomic E-state index is 14.0. The van der Waals surface area contributed by atoms with Gasteiger partial charge in [-0.3, -0.25) is 24.7 Å². The number of allylic oxidation sites excluding steroid dienone is 1. The fourth-order valence-corrected chi connectivity index (χ4v) is 11.3. The van der Waals surface area contributed by atoms with Crippen molar-refractivity contribution in [2.24, 2.45) is 11.3 Å². The van der Waals surface area contributed by atoms with Crippen LogP contribution >= 0.6 is 11.6 Å². The average molecular weight is 951 g/mol. The highest BCUT2D eigenvalue weighted by Crippen LogP contribution is 2.44. The molecule has 3 fully saturated rings. The van der Waals surface area contributed by atoms with Crippen molar-refractivity contribution in [2.75, 3.05) is 75.7 Å². The number of hydrogen-bond donors (Lipinski definition) is 4. The number of piperazine rings is 2. The lowest BCUT2D eigenvalue weighted by Gasteiger charge is -2.39. The number of sulfonamides is 1. The summed E-state index contributed by atoms with van der Waals surface area (Å²) in [5.74, 6) is -0.0950. The van der Waals surface area contributed by atoms with E-state index < -0.39 is 25.7 Å².